The van der Waals surface area contributed by atoms with E-state index in [0.717, 1.165) is 122 Å². The Balaban J connectivity index is 4.53. The molecule has 5 unspecified atom stereocenters. The van der Waals surface area contributed by atoms with E-state index >= 15 is 0 Å². The molecule has 0 fully saturated rings. The lowest BCUT2D eigenvalue weighted by molar-refractivity contribution is -0.161. The maximum Gasteiger partial charge on any atom is 0.472 e. The average molecular weight is 1700 g/mol. The zero-order valence-corrected chi connectivity index (χ0v) is 77.0. The molecule has 0 amide bonds. The van der Waals surface area contributed by atoms with Crippen molar-refractivity contribution in [1.29, 1.82) is 0 Å². The second kappa shape index (κ2) is 92.1. The minimum atomic E-state index is -4.96. The molecule has 0 radical (unpaired) electrons. The highest BCUT2D eigenvalue weighted by atomic mass is 31.2. The zero-order chi connectivity index (χ0) is 86.5. The first-order valence-corrected chi connectivity index (χ1v) is 50.4. The summed E-state index contributed by atoms with van der Waals surface area (Å²) in [7, 11) is -9.84. The van der Waals surface area contributed by atoms with Gasteiger partial charge in [-0.3, -0.25) is 32.5 Å². The normalized spacial score (nSPS) is 14.5. The van der Waals surface area contributed by atoms with Crippen LogP contribution in [-0.2, 0) is 55.8 Å². The van der Waals surface area contributed by atoms with Crippen LogP contribution in [0.3, 0.4) is 0 Å². The van der Waals surface area contributed by atoms with Gasteiger partial charge in [-0.1, -0.05) is 396 Å². The van der Waals surface area contributed by atoms with Crippen molar-refractivity contribution >= 4 is 33.6 Å². The quantitative estimate of drug-likeness (QED) is 0.0146. The predicted octanol–water partition coefficient (Wildman–Crippen LogP) is 29.4. The molecule has 0 aromatic heterocycles. The molecule has 0 saturated carbocycles. The van der Waals surface area contributed by atoms with E-state index in [2.05, 4.69) is 173 Å². The van der Waals surface area contributed by atoms with E-state index < -0.39 is 91.5 Å². The lowest BCUT2D eigenvalue weighted by atomic mass is 10.0. The molecule has 0 aliphatic carbocycles. The van der Waals surface area contributed by atoms with Crippen LogP contribution >= 0.6 is 15.6 Å². The molecule has 0 saturated heterocycles. The summed E-state index contributed by atoms with van der Waals surface area (Å²) < 4.78 is 61.4. The summed E-state index contributed by atoms with van der Waals surface area (Å²) in [6.07, 6.45) is 120. The second-order valence-corrected chi connectivity index (χ2v) is 34.3. The van der Waals surface area contributed by atoms with E-state index in [1.54, 1.807) is 0 Å². The molecule has 0 aliphatic rings. The van der Waals surface area contributed by atoms with Crippen molar-refractivity contribution in [2.75, 3.05) is 39.6 Å². The third-order valence-electron chi connectivity index (χ3n) is 19.9. The number of aliphatic hydroxyl groups is 2. The lowest BCUT2D eigenvalue weighted by Gasteiger charge is -2.21. The molecule has 5 atom stereocenters. The molecule has 0 aliphatic heterocycles. The monoisotopic (exact) mass is 1700 g/mol. The van der Waals surface area contributed by atoms with E-state index in [9.17, 15) is 43.5 Å². The van der Waals surface area contributed by atoms with Crippen LogP contribution in [0.4, 0.5) is 0 Å². The predicted molar refractivity (Wildman–Crippen MR) is 500 cm³/mol. The minimum Gasteiger partial charge on any atom is -0.463 e. The van der Waals surface area contributed by atoms with Crippen LogP contribution in [0.15, 0.2) is 170 Å². The third kappa shape index (κ3) is 93.5. The Labute approximate surface area is 726 Å². The fourth-order valence-electron chi connectivity index (χ4n) is 12.7. The molecule has 4 N–H and O–H groups in total. The van der Waals surface area contributed by atoms with Crippen molar-refractivity contribution in [3.8, 4) is 0 Å². The Hall–Kier alpha value is -5.09. The van der Waals surface area contributed by atoms with Crippen molar-refractivity contribution in [3.63, 3.8) is 0 Å². The number of carbonyl (C=O) groups is 3. The standard InChI is InChI=1S/C101H172O16P2/c1-4-7-10-13-16-19-22-25-28-31-34-36-38-40-42-44-45-46-47-48-49-51-53-54-56-58-61-63-66-69-72-75-78-81-84-87-99(104)111-90-96(102)91-113-118(107,108)114-92-97(103)93-115-119(109,110)116-95-98(117-101(106)89-86-83-80-77-74-71-68-65-60-33-30-27-24-21-18-15-12-9-6-3)94-112-100(105)88-85-82-79-76-73-70-67-64-62-59-57-55-52-50-43-41-39-37-35-32-29-26-23-20-17-14-11-8-5-2/h9,12,16-21,25-30,34-37,40-43,60,65,71,74,80,83,96-98,102-103H,4-8,10-11,13-15,22-24,31-33,38-39,44-59,61-64,66-70,72-73,75-79,81-82,84-95H2,1-3H3,(H,107,108)(H,109,110)/b12-9-,19-16-,20-17-,21-18-,28-25-,29-26-,30-27-,36-34-,37-35-,42-40-,43-41-,65-60-,74-71-,83-80-. The fraction of sp³-hybridized carbons (Fsp3) is 0.693. The number of phosphoric ester groups is 2. The smallest absolute Gasteiger partial charge is 0.463 e. The van der Waals surface area contributed by atoms with E-state index in [4.69, 9.17) is 32.3 Å². The van der Waals surface area contributed by atoms with E-state index in [-0.39, 0.29) is 19.3 Å². The van der Waals surface area contributed by atoms with Gasteiger partial charge in [0.05, 0.1) is 26.4 Å². The average Bonchev–Trinajstić information content (AvgIpc) is 0.902. The fourth-order valence-corrected chi connectivity index (χ4v) is 14.3. The summed E-state index contributed by atoms with van der Waals surface area (Å²) in [4.78, 5) is 58.9. The van der Waals surface area contributed by atoms with Crippen LogP contribution in [0.25, 0.3) is 0 Å². The van der Waals surface area contributed by atoms with Gasteiger partial charge >= 0.3 is 33.6 Å². The molecule has 0 rings (SSSR count). The zero-order valence-electron chi connectivity index (χ0n) is 75.2. The molecule has 0 bridgehead atoms. The van der Waals surface area contributed by atoms with Crippen LogP contribution in [-0.4, -0.2) is 95.9 Å². The van der Waals surface area contributed by atoms with Gasteiger partial charge in [0.1, 0.15) is 25.4 Å². The highest BCUT2D eigenvalue weighted by molar-refractivity contribution is 7.47. The molecule has 18 heteroatoms. The van der Waals surface area contributed by atoms with E-state index in [1.807, 2.05) is 18.2 Å². The molecule has 0 aromatic carbocycles. The Bertz CT molecular complexity index is 2840. The molecular weight excluding hydrogens is 1530 g/mol. The Morgan fingerprint density at radius 2 is 0.462 bits per heavy atom. The summed E-state index contributed by atoms with van der Waals surface area (Å²) >= 11 is 0. The first-order chi connectivity index (χ1) is 58.2. The molecule has 0 aromatic rings. The van der Waals surface area contributed by atoms with Gasteiger partial charge in [-0.15, -0.1) is 0 Å². The number of allylic oxidation sites excluding steroid dienone is 28. The van der Waals surface area contributed by atoms with Gasteiger partial charge in [0.2, 0.25) is 0 Å². The number of hydrogen-bond acceptors (Lipinski definition) is 14. The minimum absolute atomic E-state index is 0.0247. The number of carbonyl (C=O) groups excluding carboxylic acids is 3. The van der Waals surface area contributed by atoms with Crippen LogP contribution in [0, 0.1) is 0 Å². The van der Waals surface area contributed by atoms with Crippen LogP contribution in [0.2, 0.25) is 0 Å². The molecule has 0 spiro atoms. The summed E-state index contributed by atoms with van der Waals surface area (Å²) in [5, 5.41) is 20.7. The van der Waals surface area contributed by atoms with E-state index in [1.165, 1.54) is 205 Å². The van der Waals surface area contributed by atoms with Crippen molar-refractivity contribution < 1.29 is 75.8 Å². The van der Waals surface area contributed by atoms with E-state index in [0.29, 0.717) is 25.7 Å². The Kier molecular flexibility index (Phi) is 88.2. The van der Waals surface area contributed by atoms with Gasteiger partial charge in [0.25, 0.3) is 0 Å². The highest BCUT2D eigenvalue weighted by Crippen LogP contribution is 2.45. The maximum atomic E-state index is 13.0. The largest absolute Gasteiger partial charge is 0.472 e. The molecule has 16 nitrogen and oxygen atoms in total. The SMILES string of the molecule is CC/C=C\C/C=C\C/C=C\C/C=C\C/C=C\C/C=C\CCC(=O)OC(COC(=O)CCCCCCCCCCCCCCC/C=C\C/C=C\C/C=C\C/C=C\CCCCC)COP(=O)(O)OCC(O)COP(=O)(O)OCC(O)COC(=O)CCCCCCCCCCCCCCCCCCCCC/C=C\C/C=C\C/C=C\C/C=C\CCCCC. The maximum absolute atomic E-state index is 13.0. The Morgan fingerprint density at radius 1 is 0.244 bits per heavy atom. The summed E-state index contributed by atoms with van der Waals surface area (Å²) in [5.41, 5.74) is 0. The highest BCUT2D eigenvalue weighted by Gasteiger charge is 2.29. The number of rotatable bonds is 89. The number of unbranched alkanes of at least 4 members (excludes halogenated alkanes) is 38. The first-order valence-electron chi connectivity index (χ1n) is 47.4. The van der Waals surface area contributed by atoms with Crippen molar-refractivity contribution in [2.24, 2.45) is 0 Å². The number of hydrogen-bond donors (Lipinski definition) is 4. The number of phosphoric acid groups is 2. The van der Waals surface area contributed by atoms with Crippen molar-refractivity contribution in [1.82, 2.24) is 0 Å². The van der Waals surface area contributed by atoms with Gasteiger partial charge < -0.3 is 34.2 Å². The van der Waals surface area contributed by atoms with Crippen LogP contribution < -0.4 is 0 Å². The summed E-state index contributed by atoms with van der Waals surface area (Å²) in [5.74, 6) is -1.67. The van der Waals surface area contributed by atoms with Crippen molar-refractivity contribution in [2.45, 2.75) is 411 Å². The summed E-state index contributed by atoms with van der Waals surface area (Å²) in [6.45, 7) is 2.46. The first kappa shape index (κ1) is 114. The second-order valence-electron chi connectivity index (χ2n) is 31.4. The topological polar surface area (TPSA) is 231 Å². The molecular formula is C101H172O16P2. The van der Waals surface area contributed by atoms with Crippen LogP contribution in [0.5, 0.6) is 0 Å². The number of ether oxygens (including phenoxy) is 3. The summed E-state index contributed by atoms with van der Waals surface area (Å²) in [6, 6.07) is 0. The van der Waals surface area contributed by atoms with Gasteiger partial charge in [0, 0.05) is 19.3 Å². The molecule has 119 heavy (non-hydrogen) atoms. The van der Waals surface area contributed by atoms with Crippen molar-refractivity contribution in [3.05, 3.63) is 170 Å². The van der Waals surface area contributed by atoms with Crippen LogP contribution in [0.1, 0.15) is 393 Å². The number of esters is 3. The third-order valence-corrected chi connectivity index (χ3v) is 21.8. The molecule has 0 heterocycles. The lowest BCUT2D eigenvalue weighted by Crippen LogP contribution is -2.29. The number of aliphatic hydroxyl groups excluding tert-OH is 2. The Morgan fingerprint density at radius 3 is 0.739 bits per heavy atom. The van der Waals surface area contributed by atoms with Gasteiger partial charge in [-0.05, 0) is 148 Å². The van der Waals surface area contributed by atoms with Gasteiger partial charge in [0.15, 0.2) is 6.10 Å². The van der Waals surface area contributed by atoms with Gasteiger partial charge in [-0.25, -0.2) is 9.13 Å². The van der Waals surface area contributed by atoms with Gasteiger partial charge in [-0.2, -0.15) is 0 Å². The molecule has 682 valence electrons.